The summed E-state index contributed by atoms with van der Waals surface area (Å²) in [5.74, 6) is -3.26. The molecule has 0 spiro atoms. The number of Topliss-reactive ketones (excluding diaryl/α,β-unsaturated/α-hetero) is 1. The summed E-state index contributed by atoms with van der Waals surface area (Å²) in [5.41, 5.74) is 4.55. The molecule has 1 saturated heterocycles. The minimum atomic E-state index is -1.09. The van der Waals surface area contributed by atoms with Crippen LogP contribution in [-0.2, 0) is 28.7 Å². The van der Waals surface area contributed by atoms with Crippen LogP contribution in [-0.4, -0.2) is 77.2 Å². The summed E-state index contributed by atoms with van der Waals surface area (Å²) in [7, 11) is 0. The lowest BCUT2D eigenvalue weighted by Gasteiger charge is -2.35. The van der Waals surface area contributed by atoms with Crippen molar-refractivity contribution in [1.29, 1.82) is 0 Å². The lowest BCUT2D eigenvalue weighted by molar-refractivity contribution is -0.153. The SMILES string of the molecule is CC(C)(C)OC(=O)CNC(=O)NC(C(=O)N1CCC[C@H]1C(=O)NC(CC1CCC1)C(=O)C(N)=O)C1CCCCC1. The smallest absolute Gasteiger partial charge is 0.325 e. The molecule has 1 heterocycles. The number of ketones is 1. The van der Waals surface area contributed by atoms with Crippen LogP contribution in [0.5, 0.6) is 0 Å². The van der Waals surface area contributed by atoms with E-state index in [4.69, 9.17) is 10.5 Å². The minimum absolute atomic E-state index is 0.111. The Morgan fingerprint density at radius 1 is 0.900 bits per heavy atom. The number of esters is 1. The molecule has 12 nitrogen and oxygen atoms in total. The molecule has 224 valence electrons. The van der Waals surface area contributed by atoms with Gasteiger partial charge in [-0.3, -0.25) is 24.0 Å². The quantitative estimate of drug-likeness (QED) is 0.216. The van der Waals surface area contributed by atoms with Crippen LogP contribution in [0.1, 0.15) is 91.4 Å². The number of nitrogens with zero attached hydrogens (tertiary/aromatic N) is 1. The van der Waals surface area contributed by atoms with E-state index in [0.29, 0.717) is 25.8 Å². The molecule has 12 heteroatoms. The number of carbonyl (C=O) groups excluding carboxylic acids is 6. The fraction of sp³-hybridized carbons (Fsp3) is 0.786. The van der Waals surface area contributed by atoms with Gasteiger partial charge in [-0.1, -0.05) is 38.5 Å². The molecule has 5 N–H and O–H groups in total. The van der Waals surface area contributed by atoms with Crippen LogP contribution in [0.3, 0.4) is 0 Å². The van der Waals surface area contributed by atoms with Crippen LogP contribution < -0.4 is 21.7 Å². The van der Waals surface area contributed by atoms with Crippen molar-refractivity contribution in [3.05, 3.63) is 0 Å². The fourth-order valence-electron chi connectivity index (χ4n) is 5.79. The predicted molar refractivity (Wildman–Crippen MR) is 146 cm³/mol. The van der Waals surface area contributed by atoms with Crippen molar-refractivity contribution in [2.24, 2.45) is 17.6 Å². The summed E-state index contributed by atoms with van der Waals surface area (Å²) in [4.78, 5) is 77.5. The standard InChI is InChI=1S/C28H45N5O7/c1-28(2,3)40-21(34)16-30-27(39)32-22(18-11-5-4-6-12-18)26(38)33-14-8-13-20(33)25(37)31-19(23(35)24(29)36)15-17-9-7-10-17/h17-20,22H,4-16H2,1-3H3,(H2,29,36)(H,31,37)(H2,30,32,39)/t19?,20-,22?/m0/s1. The Bertz CT molecular complexity index is 969. The molecule has 0 aromatic heterocycles. The second kappa shape index (κ2) is 13.9. The molecule has 3 aliphatic rings. The highest BCUT2D eigenvalue weighted by molar-refractivity contribution is 6.37. The summed E-state index contributed by atoms with van der Waals surface area (Å²) in [6.45, 7) is 5.16. The first-order valence-corrected chi connectivity index (χ1v) is 14.6. The van der Waals surface area contributed by atoms with Crippen molar-refractivity contribution in [2.75, 3.05) is 13.1 Å². The zero-order chi connectivity index (χ0) is 29.4. The van der Waals surface area contributed by atoms with Crippen molar-refractivity contribution in [2.45, 2.75) is 115 Å². The minimum Gasteiger partial charge on any atom is -0.459 e. The van der Waals surface area contributed by atoms with Gasteiger partial charge in [0.1, 0.15) is 24.2 Å². The van der Waals surface area contributed by atoms with Gasteiger partial charge >= 0.3 is 12.0 Å². The molecule has 5 amide bonds. The highest BCUT2D eigenvalue weighted by Gasteiger charge is 2.42. The third kappa shape index (κ3) is 8.92. The van der Waals surface area contributed by atoms with E-state index in [1.54, 1.807) is 20.8 Å². The highest BCUT2D eigenvalue weighted by Crippen LogP contribution is 2.31. The van der Waals surface area contributed by atoms with Gasteiger partial charge in [-0.2, -0.15) is 0 Å². The maximum absolute atomic E-state index is 13.9. The zero-order valence-electron chi connectivity index (χ0n) is 24.0. The third-order valence-corrected chi connectivity index (χ3v) is 8.00. The first-order chi connectivity index (χ1) is 18.9. The molecule has 3 rings (SSSR count). The van der Waals surface area contributed by atoms with Crippen molar-refractivity contribution in [3.63, 3.8) is 0 Å². The largest absolute Gasteiger partial charge is 0.459 e. The fourth-order valence-corrected chi connectivity index (χ4v) is 5.79. The number of rotatable bonds is 11. The third-order valence-electron chi connectivity index (χ3n) is 8.00. The van der Waals surface area contributed by atoms with Crippen molar-refractivity contribution < 1.29 is 33.5 Å². The number of carbonyl (C=O) groups is 6. The molecular formula is C28H45N5O7. The van der Waals surface area contributed by atoms with Crippen LogP contribution >= 0.6 is 0 Å². The predicted octanol–water partition coefficient (Wildman–Crippen LogP) is 1.30. The molecular weight excluding hydrogens is 518 g/mol. The van der Waals surface area contributed by atoms with Crippen LogP contribution in [0, 0.1) is 11.8 Å². The van der Waals surface area contributed by atoms with Gasteiger partial charge in [0.15, 0.2) is 0 Å². The monoisotopic (exact) mass is 563 g/mol. The molecule has 3 fully saturated rings. The number of nitrogens with one attached hydrogen (secondary N) is 3. The van der Waals surface area contributed by atoms with Crippen molar-refractivity contribution in [1.82, 2.24) is 20.9 Å². The van der Waals surface area contributed by atoms with E-state index in [2.05, 4.69) is 16.0 Å². The topological polar surface area (TPSA) is 177 Å². The number of hydrogen-bond donors (Lipinski definition) is 4. The first-order valence-electron chi connectivity index (χ1n) is 14.6. The summed E-state index contributed by atoms with van der Waals surface area (Å²) in [6.07, 6.45) is 8.65. The van der Waals surface area contributed by atoms with Gasteiger partial charge in [0.2, 0.25) is 17.6 Å². The second-order valence-electron chi connectivity index (χ2n) is 12.3. The number of urea groups is 1. The summed E-state index contributed by atoms with van der Waals surface area (Å²) < 4.78 is 5.22. The number of hydrogen-bond acceptors (Lipinski definition) is 7. The van der Waals surface area contributed by atoms with Crippen LogP contribution in [0.25, 0.3) is 0 Å². The van der Waals surface area contributed by atoms with Crippen LogP contribution in [0.2, 0.25) is 0 Å². The van der Waals surface area contributed by atoms with Gasteiger partial charge in [0.05, 0.1) is 6.04 Å². The molecule has 2 aliphatic carbocycles. The van der Waals surface area contributed by atoms with Crippen molar-refractivity contribution in [3.8, 4) is 0 Å². The van der Waals surface area contributed by atoms with Gasteiger partial charge in [-0.05, 0) is 64.7 Å². The van der Waals surface area contributed by atoms with E-state index in [1.165, 1.54) is 4.90 Å². The Balaban J connectivity index is 1.68. The van der Waals surface area contributed by atoms with Crippen molar-refractivity contribution >= 4 is 35.5 Å². The molecule has 0 bridgehead atoms. The Kier molecular flexibility index (Phi) is 10.9. The van der Waals surface area contributed by atoms with Crippen LogP contribution in [0.4, 0.5) is 4.79 Å². The number of ether oxygens (including phenoxy) is 1. The molecule has 2 saturated carbocycles. The lowest BCUT2D eigenvalue weighted by atomic mass is 9.80. The maximum Gasteiger partial charge on any atom is 0.325 e. The number of primary amides is 1. The number of amides is 5. The average molecular weight is 564 g/mol. The van der Waals surface area contributed by atoms with E-state index >= 15 is 0 Å². The Morgan fingerprint density at radius 3 is 2.15 bits per heavy atom. The molecule has 3 atom stereocenters. The zero-order valence-corrected chi connectivity index (χ0v) is 24.0. The summed E-state index contributed by atoms with van der Waals surface area (Å²) >= 11 is 0. The normalized spacial score (nSPS) is 21.5. The summed E-state index contributed by atoms with van der Waals surface area (Å²) in [5, 5.41) is 7.94. The first kappa shape index (κ1) is 31.3. The molecule has 0 aromatic carbocycles. The van der Waals surface area contributed by atoms with E-state index in [9.17, 15) is 28.8 Å². The second-order valence-corrected chi connectivity index (χ2v) is 12.3. The highest BCUT2D eigenvalue weighted by atomic mass is 16.6. The van der Waals surface area contributed by atoms with Gasteiger partial charge in [0, 0.05) is 6.54 Å². The molecule has 1 aliphatic heterocycles. The van der Waals surface area contributed by atoms with Gasteiger partial charge in [-0.15, -0.1) is 0 Å². The number of nitrogens with two attached hydrogens (primary N) is 1. The Hall–Kier alpha value is -3.18. The molecule has 0 aromatic rings. The number of likely N-dealkylation sites (tertiary alicyclic amines) is 1. The van der Waals surface area contributed by atoms with Crippen LogP contribution in [0.15, 0.2) is 0 Å². The van der Waals surface area contributed by atoms with Gasteiger partial charge < -0.3 is 31.3 Å². The molecule has 2 unspecified atom stereocenters. The maximum atomic E-state index is 13.9. The van der Waals surface area contributed by atoms with E-state index in [-0.39, 0.29) is 24.3 Å². The summed E-state index contributed by atoms with van der Waals surface area (Å²) in [6, 6.07) is -3.37. The van der Waals surface area contributed by atoms with Gasteiger partial charge in [0.25, 0.3) is 5.91 Å². The molecule has 0 radical (unpaired) electrons. The van der Waals surface area contributed by atoms with E-state index in [1.807, 2.05) is 0 Å². The Labute approximate surface area is 235 Å². The lowest BCUT2D eigenvalue weighted by Crippen LogP contribution is -2.59. The Morgan fingerprint density at radius 2 is 1.57 bits per heavy atom. The van der Waals surface area contributed by atoms with E-state index in [0.717, 1.165) is 51.4 Å². The average Bonchev–Trinajstić information content (AvgIpc) is 3.36. The van der Waals surface area contributed by atoms with Gasteiger partial charge in [-0.25, -0.2) is 4.79 Å². The molecule has 40 heavy (non-hydrogen) atoms. The van der Waals surface area contributed by atoms with E-state index < -0.39 is 53.3 Å².